The Morgan fingerprint density at radius 2 is 1.94 bits per heavy atom. The Kier molecular flexibility index (Phi) is 5.56. The summed E-state index contributed by atoms with van der Waals surface area (Å²) >= 11 is 1.72. The van der Waals surface area contributed by atoms with Crippen LogP contribution in [0.3, 0.4) is 0 Å². The molecule has 1 amide bonds. The molecule has 92 valence electrons. The van der Waals surface area contributed by atoms with E-state index < -0.39 is 5.97 Å². The number of benzene rings is 1. The van der Waals surface area contributed by atoms with Crippen LogP contribution in [0.2, 0.25) is 0 Å². The molecule has 1 rings (SSSR count). The number of rotatable bonds is 6. The Morgan fingerprint density at radius 1 is 1.29 bits per heavy atom. The number of carboxylic acids is 1. The van der Waals surface area contributed by atoms with E-state index in [2.05, 4.69) is 5.32 Å². The molecule has 0 aliphatic heterocycles. The number of aliphatic carboxylic acids is 1. The molecule has 4 nitrogen and oxygen atoms in total. The lowest BCUT2D eigenvalue weighted by Crippen LogP contribution is -2.25. The quantitative estimate of drug-likeness (QED) is 0.810. The van der Waals surface area contributed by atoms with Gasteiger partial charge in [0.15, 0.2) is 0 Å². The fourth-order valence-electron chi connectivity index (χ4n) is 1.30. The molecule has 0 aliphatic carbocycles. The molecule has 0 aliphatic rings. The molecule has 0 atom stereocenters. The van der Waals surface area contributed by atoms with Crippen molar-refractivity contribution < 1.29 is 14.7 Å². The van der Waals surface area contributed by atoms with Crippen molar-refractivity contribution in [3.8, 4) is 0 Å². The highest BCUT2D eigenvalue weighted by molar-refractivity contribution is 7.97. The molecule has 0 heterocycles. The van der Waals surface area contributed by atoms with Crippen LogP contribution in [0.5, 0.6) is 0 Å². The van der Waals surface area contributed by atoms with Gasteiger partial charge in [-0.1, -0.05) is 12.1 Å². The Balaban J connectivity index is 2.48. The fraction of sp³-hybridized carbons (Fsp3) is 0.333. The van der Waals surface area contributed by atoms with Gasteiger partial charge in [-0.05, 0) is 24.0 Å². The maximum Gasteiger partial charge on any atom is 0.305 e. The second-order valence-corrected chi connectivity index (χ2v) is 4.40. The summed E-state index contributed by atoms with van der Waals surface area (Å²) in [7, 11) is 0. The molecule has 2 N–H and O–H groups in total. The number of thioether (sulfide) groups is 1. The first-order valence-electron chi connectivity index (χ1n) is 5.21. The van der Waals surface area contributed by atoms with E-state index in [-0.39, 0.29) is 18.9 Å². The number of amides is 1. The molecular formula is C12H15NO3S. The van der Waals surface area contributed by atoms with Crippen molar-refractivity contribution in [3.05, 3.63) is 35.4 Å². The van der Waals surface area contributed by atoms with E-state index in [0.717, 1.165) is 5.75 Å². The second-order valence-electron chi connectivity index (χ2n) is 3.53. The summed E-state index contributed by atoms with van der Waals surface area (Å²) < 4.78 is 0. The van der Waals surface area contributed by atoms with Gasteiger partial charge in [0.05, 0.1) is 6.42 Å². The molecule has 0 aromatic heterocycles. The van der Waals surface area contributed by atoms with Gasteiger partial charge in [0.1, 0.15) is 0 Å². The molecule has 1 aromatic rings. The third-order valence-electron chi connectivity index (χ3n) is 2.15. The van der Waals surface area contributed by atoms with Gasteiger partial charge >= 0.3 is 5.97 Å². The van der Waals surface area contributed by atoms with Crippen LogP contribution in [0, 0.1) is 0 Å². The number of hydrogen-bond acceptors (Lipinski definition) is 3. The molecule has 0 saturated heterocycles. The van der Waals surface area contributed by atoms with Crippen molar-refractivity contribution in [2.75, 3.05) is 12.8 Å². The van der Waals surface area contributed by atoms with Gasteiger partial charge < -0.3 is 10.4 Å². The molecule has 17 heavy (non-hydrogen) atoms. The van der Waals surface area contributed by atoms with Gasteiger partial charge in [0.2, 0.25) is 0 Å². The second kappa shape index (κ2) is 6.96. The van der Waals surface area contributed by atoms with E-state index >= 15 is 0 Å². The van der Waals surface area contributed by atoms with Gasteiger partial charge in [-0.3, -0.25) is 9.59 Å². The maximum absolute atomic E-state index is 11.6. The van der Waals surface area contributed by atoms with E-state index in [1.165, 1.54) is 5.56 Å². The van der Waals surface area contributed by atoms with Crippen molar-refractivity contribution in [1.82, 2.24) is 5.32 Å². The number of carboxylic acid groups (broad SMARTS) is 1. The average Bonchev–Trinajstić information content (AvgIpc) is 2.30. The third-order valence-corrected chi connectivity index (χ3v) is 2.77. The summed E-state index contributed by atoms with van der Waals surface area (Å²) in [6.45, 7) is 0.154. The fourth-order valence-corrected chi connectivity index (χ4v) is 1.83. The molecule has 0 unspecified atom stereocenters. The van der Waals surface area contributed by atoms with Crippen LogP contribution < -0.4 is 5.32 Å². The molecule has 0 spiro atoms. The Morgan fingerprint density at radius 3 is 2.47 bits per heavy atom. The monoisotopic (exact) mass is 253 g/mol. The van der Waals surface area contributed by atoms with E-state index in [1.54, 1.807) is 23.9 Å². The molecule has 1 aromatic carbocycles. The van der Waals surface area contributed by atoms with Crippen molar-refractivity contribution in [3.63, 3.8) is 0 Å². The highest BCUT2D eigenvalue weighted by Gasteiger charge is 2.05. The van der Waals surface area contributed by atoms with E-state index in [1.807, 2.05) is 18.4 Å². The summed E-state index contributed by atoms with van der Waals surface area (Å²) in [6.07, 6.45) is 1.96. The lowest BCUT2D eigenvalue weighted by atomic mass is 10.1. The Labute approximate surface area is 104 Å². The zero-order valence-electron chi connectivity index (χ0n) is 9.60. The topological polar surface area (TPSA) is 66.4 Å². The Hall–Kier alpha value is -1.49. The molecule has 0 bridgehead atoms. The third kappa shape index (κ3) is 4.91. The molecule has 5 heteroatoms. The zero-order chi connectivity index (χ0) is 12.7. The first kappa shape index (κ1) is 13.6. The first-order chi connectivity index (χ1) is 8.13. The van der Waals surface area contributed by atoms with Gasteiger partial charge in [-0.25, -0.2) is 0 Å². The minimum atomic E-state index is -0.916. The Bertz CT molecular complexity index is 389. The minimum Gasteiger partial charge on any atom is -0.481 e. The van der Waals surface area contributed by atoms with Crippen LogP contribution >= 0.6 is 11.8 Å². The highest BCUT2D eigenvalue weighted by atomic mass is 32.2. The predicted molar refractivity (Wildman–Crippen MR) is 68.2 cm³/mol. The standard InChI is InChI=1S/C12H15NO3S/c1-17-8-9-2-4-10(5-3-9)12(16)13-7-6-11(14)15/h2-5H,6-8H2,1H3,(H,13,16)(H,14,15). The molecule has 0 radical (unpaired) electrons. The first-order valence-corrected chi connectivity index (χ1v) is 6.60. The summed E-state index contributed by atoms with van der Waals surface area (Å²) in [5, 5.41) is 11.0. The van der Waals surface area contributed by atoms with Crippen LogP contribution in [-0.4, -0.2) is 29.8 Å². The van der Waals surface area contributed by atoms with E-state index in [0.29, 0.717) is 5.56 Å². The highest BCUT2D eigenvalue weighted by Crippen LogP contribution is 2.10. The van der Waals surface area contributed by atoms with E-state index in [4.69, 9.17) is 5.11 Å². The van der Waals surface area contributed by atoms with Gasteiger partial charge in [-0.2, -0.15) is 11.8 Å². The predicted octanol–water partition coefficient (Wildman–Crippen LogP) is 1.75. The van der Waals surface area contributed by atoms with Gasteiger partial charge in [0.25, 0.3) is 5.91 Å². The minimum absolute atomic E-state index is 0.0592. The lowest BCUT2D eigenvalue weighted by molar-refractivity contribution is -0.136. The largest absolute Gasteiger partial charge is 0.481 e. The van der Waals surface area contributed by atoms with Crippen LogP contribution in [-0.2, 0) is 10.5 Å². The van der Waals surface area contributed by atoms with Crippen molar-refractivity contribution >= 4 is 23.6 Å². The zero-order valence-corrected chi connectivity index (χ0v) is 10.4. The summed E-state index contributed by atoms with van der Waals surface area (Å²) in [6, 6.07) is 7.31. The molecule has 0 saturated carbocycles. The number of carbonyl (C=O) groups excluding carboxylic acids is 1. The van der Waals surface area contributed by atoms with E-state index in [9.17, 15) is 9.59 Å². The average molecular weight is 253 g/mol. The molecule has 0 fully saturated rings. The van der Waals surface area contributed by atoms with Gasteiger partial charge in [0, 0.05) is 17.9 Å². The number of nitrogens with one attached hydrogen (secondary N) is 1. The summed E-state index contributed by atoms with van der Waals surface area (Å²) in [5.41, 5.74) is 1.72. The molecular weight excluding hydrogens is 238 g/mol. The maximum atomic E-state index is 11.6. The SMILES string of the molecule is CSCc1ccc(C(=O)NCCC(=O)O)cc1. The number of carbonyl (C=O) groups is 2. The van der Waals surface area contributed by atoms with Crippen LogP contribution in [0.4, 0.5) is 0 Å². The lowest BCUT2D eigenvalue weighted by Gasteiger charge is -2.04. The summed E-state index contributed by atoms with van der Waals surface area (Å²) in [4.78, 5) is 21.9. The normalized spacial score (nSPS) is 9.94. The summed E-state index contributed by atoms with van der Waals surface area (Å²) in [5.74, 6) is -0.233. The van der Waals surface area contributed by atoms with Gasteiger partial charge in [-0.15, -0.1) is 0 Å². The van der Waals surface area contributed by atoms with Crippen LogP contribution in [0.25, 0.3) is 0 Å². The van der Waals surface area contributed by atoms with Crippen LogP contribution in [0.15, 0.2) is 24.3 Å². The van der Waals surface area contributed by atoms with Crippen molar-refractivity contribution in [2.45, 2.75) is 12.2 Å². The van der Waals surface area contributed by atoms with Crippen LogP contribution in [0.1, 0.15) is 22.3 Å². The number of hydrogen-bond donors (Lipinski definition) is 2. The van der Waals surface area contributed by atoms with Crippen molar-refractivity contribution in [2.24, 2.45) is 0 Å². The smallest absolute Gasteiger partial charge is 0.305 e. The van der Waals surface area contributed by atoms with Crippen molar-refractivity contribution in [1.29, 1.82) is 0 Å².